The first-order valence-corrected chi connectivity index (χ1v) is 9.73. The Morgan fingerprint density at radius 3 is 2.46 bits per heavy atom. The van der Waals surface area contributed by atoms with Crippen LogP contribution in [-0.4, -0.2) is 82.9 Å². The number of likely N-dealkylation sites (tertiary alicyclic amines) is 2. The predicted molar refractivity (Wildman–Crippen MR) is 105 cm³/mol. The maximum atomic E-state index is 12.8. The summed E-state index contributed by atoms with van der Waals surface area (Å²) >= 11 is 0. The summed E-state index contributed by atoms with van der Waals surface area (Å²) in [6.07, 6.45) is 3.52. The van der Waals surface area contributed by atoms with Crippen molar-refractivity contribution in [1.82, 2.24) is 29.5 Å². The largest absolute Gasteiger partial charge is 0.497 e. The first-order valence-electron chi connectivity index (χ1n) is 9.73. The molecule has 0 radical (unpaired) electrons. The van der Waals surface area contributed by atoms with Gasteiger partial charge in [-0.1, -0.05) is 12.1 Å². The van der Waals surface area contributed by atoms with Crippen molar-refractivity contribution in [2.75, 3.05) is 47.4 Å². The van der Waals surface area contributed by atoms with E-state index < -0.39 is 0 Å². The number of benzene rings is 1. The number of carbonyl (C=O) groups is 1. The monoisotopic (exact) mass is 384 g/mol. The molecule has 0 saturated carbocycles. The van der Waals surface area contributed by atoms with Gasteiger partial charge in [-0.15, -0.1) is 10.2 Å². The average Bonchev–Trinajstić information content (AvgIpc) is 3.41. The zero-order chi connectivity index (χ0) is 19.7. The van der Waals surface area contributed by atoms with Gasteiger partial charge in [0.25, 0.3) is 0 Å². The quantitative estimate of drug-likeness (QED) is 0.783. The topological polar surface area (TPSA) is 66.7 Å². The molecular weight excluding hydrogens is 356 g/mol. The molecule has 0 bridgehead atoms. The first kappa shape index (κ1) is 18.7. The number of hydrogen-bond acceptors (Lipinski definition) is 5. The standard InChI is InChI=1S/C20H28N6O2/c1-23(2)20(27)26-11-16-10-24(8-9-25-13-21-22-14-25)12-18(16)19(26)15-4-6-17(28-3)7-5-15/h4-7,13-14,16,18-19H,8-12H2,1-3H3/t16-,18-,19+/m1/s1. The summed E-state index contributed by atoms with van der Waals surface area (Å²) in [5, 5.41) is 7.74. The molecule has 3 heterocycles. The van der Waals surface area contributed by atoms with Crippen molar-refractivity contribution < 1.29 is 9.53 Å². The van der Waals surface area contributed by atoms with Crippen LogP contribution < -0.4 is 4.74 Å². The molecule has 8 heteroatoms. The minimum Gasteiger partial charge on any atom is -0.497 e. The SMILES string of the molecule is COc1ccc([C@H]2[C@@H]3CN(CCn4cnnc4)C[C@@H]3CN2C(=O)N(C)C)cc1. The highest BCUT2D eigenvalue weighted by Crippen LogP contribution is 2.45. The molecule has 4 rings (SSSR count). The third-order valence-electron chi connectivity index (χ3n) is 5.97. The third kappa shape index (κ3) is 3.56. The normalized spacial score (nSPS) is 24.4. The highest BCUT2D eigenvalue weighted by Gasteiger charge is 2.49. The van der Waals surface area contributed by atoms with Gasteiger partial charge in [0.1, 0.15) is 18.4 Å². The van der Waals surface area contributed by atoms with Crippen LogP contribution in [0.15, 0.2) is 36.9 Å². The Kier molecular flexibility index (Phi) is 5.21. The molecule has 0 spiro atoms. The van der Waals surface area contributed by atoms with E-state index in [4.69, 9.17) is 4.74 Å². The van der Waals surface area contributed by atoms with Crippen LogP contribution in [0.1, 0.15) is 11.6 Å². The van der Waals surface area contributed by atoms with Gasteiger partial charge in [-0.2, -0.15) is 0 Å². The molecule has 3 atom stereocenters. The van der Waals surface area contributed by atoms with Gasteiger partial charge < -0.3 is 24.0 Å². The minimum atomic E-state index is 0.0891. The van der Waals surface area contributed by atoms with Crippen LogP contribution in [0.25, 0.3) is 0 Å². The van der Waals surface area contributed by atoms with Crippen LogP contribution in [0.4, 0.5) is 4.79 Å². The van der Waals surface area contributed by atoms with Gasteiger partial charge in [-0.25, -0.2) is 4.79 Å². The predicted octanol–water partition coefficient (Wildman–Crippen LogP) is 1.57. The Balaban J connectivity index is 1.51. The molecule has 2 saturated heterocycles. The number of hydrogen-bond donors (Lipinski definition) is 0. The number of carbonyl (C=O) groups excluding carboxylic acids is 1. The number of aromatic nitrogens is 3. The Hall–Kier alpha value is -2.61. The number of fused-ring (bicyclic) bond motifs is 1. The lowest BCUT2D eigenvalue weighted by atomic mass is 9.89. The van der Waals surface area contributed by atoms with Crippen LogP contribution in [0, 0.1) is 11.8 Å². The second-order valence-electron chi connectivity index (χ2n) is 7.93. The summed E-state index contributed by atoms with van der Waals surface area (Å²) < 4.78 is 7.32. The molecule has 0 N–H and O–H groups in total. The van der Waals surface area contributed by atoms with Gasteiger partial charge in [0.05, 0.1) is 13.2 Å². The number of amides is 2. The molecule has 0 unspecified atom stereocenters. The van der Waals surface area contributed by atoms with Gasteiger partial charge in [0.2, 0.25) is 0 Å². The summed E-state index contributed by atoms with van der Waals surface area (Å²) in [4.78, 5) is 19.1. The van der Waals surface area contributed by atoms with Gasteiger partial charge in [-0.3, -0.25) is 0 Å². The molecule has 2 aliphatic heterocycles. The summed E-state index contributed by atoms with van der Waals surface area (Å²) in [5.74, 6) is 1.78. The lowest BCUT2D eigenvalue weighted by Crippen LogP contribution is -2.41. The van der Waals surface area contributed by atoms with Crippen molar-refractivity contribution in [2.45, 2.75) is 12.6 Å². The van der Waals surface area contributed by atoms with Gasteiger partial charge in [0.15, 0.2) is 0 Å². The second-order valence-corrected chi connectivity index (χ2v) is 7.93. The molecule has 28 heavy (non-hydrogen) atoms. The number of urea groups is 1. The Bertz CT molecular complexity index is 792. The van der Waals surface area contributed by atoms with Crippen molar-refractivity contribution in [1.29, 1.82) is 0 Å². The third-order valence-corrected chi connectivity index (χ3v) is 5.97. The van der Waals surface area contributed by atoms with Crippen LogP contribution in [0.2, 0.25) is 0 Å². The number of nitrogens with zero attached hydrogens (tertiary/aromatic N) is 6. The molecule has 2 aliphatic rings. The second kappa shape index (κ2) is 7.79. The van der Waals surface area contributed by atoms with E-state index in [1.807, 2.05) is 35.7 Å². The van der Waals surface area contributed by atoms with Crippen molar-refractivity contribution in [3.05, 3.63) is 42.5 Å². The van der Waals surface area contributed by atoms with Crippen molar-refractivity contribution in [3.8, 4) is 5.75 Å². The maximum Gasteiger partial charge on any atom is 0.320 e. The molecule has 2 amide bonds. The smallest absolute Gasteiger partial charge is 0.320 e. The van der Waals surface area contributed by atoms with E-state index in [2.05, 4.69) is 27.2 Å². The van der Waals surface area contributed by atoms with E-state index in [1.165, 1.54) is 5.56 Å². The summed E-state index contributed by atoms with van der Waals surface area (Å²) in [5.41, 5.74) is 1.18. The van der Waals surface area contributed by atoms with Gasteiger partial charge in [-0.05, 0) is 23.6 Å². The fourth-order valence-corrected chi connectivity index (χ4v) is 4.60. The maximum absolute atomic E-state index is 12.8. The Morgan fingerprint density at radius 1 is 1.11 bits per heavy atom. The van der Waals surface area contributed by atoms with Crippen molar-refractivity contribution in [3.63, 3.8) is 0 Å². The van der Waals surface area contributed by atoms with Crippen LogP contribution >= 0.6 is 0 Å². The van der Waals surface area contributed by atoms with Crippen LogP contribution in [0.5, 0.6) is 5.75 Å². The summed E-state index contributed by atoms with van der Waals surface area (Å²) in [6, 6.07) is 8.36. The molecule has 8 nitrogen and oxygen atoms in total. The highest BCUT2D eigenvalue weighted by atomic mass is 16.5. The van der Waals surface area contributed by atoms with Crippen molar-refractivity contribution in [2.24, 2.45) is 11.8 Å². The molecule has 2 aromatic rings. The van der Waals surface area contributed by atoms with Gasteiger partial charge >= 0.3 is 6.03 Å². The highest BCUT2D eigenvalue weighted by molar-refractivity contribution is 5.75. The van der Waals surface area contributed by atoms with E-state index in [0.29, 0.717) is 11.8 Å². The van der Waals surface area contributed by atoms with Crippen LogP contribution in [0.3, 0.4) is 0 Å². The van der Waals surface area contributed by atoms with Gasteiger partial charge in [0, 0.05) is 52.7 Å². The van der Waals surface area contributed by atoms with Crippen molar-refractivity contribution >= 4 is 6.03 Å². The summed E-state index contributed by atoms with van der Waals surface area (Å²) in [7, 11) is 5.33. The number of methoxy groups -OCH3 is 1. The molecule has 2 fully saturated rings. The molecular formula is C20H28N6O2. The lowest BCUT2D eigenvalue weighted by Gasteiger charge is -2.32. The van der Waals surface area contributed by atoms with Crippen LogP contribution in [-0.2, 0) is 6.54 Å². The van der Waals surface area contributed by atoms with E-state index in [-0.39, 0.29) is 12.1 Å². The zero-order valence-electron chi connectivity index (χ0n) is 16.7. The number of ether oxygens (including phenoxy) is 1. The molecule has 0 aliphatic carbocycles. The Morgan fingerprint density at radius 2 is 1.82 bits per heavy atom. The molecule has 1 aromatic carbocycles. The summed E-state index contributed by atoms with van der Waals surface area (Å²) in [6.45, 7) is 4.70. The average molecular weight is 384 g/mol. The fourth-order valence-electron chi connectivity index (χ4n) is 4.60. The van der Waals surface area contributed by atoms with E-state index in [1.54, 1.807) is 24.7 Å². The zero-order valence-corrected chi connectivity index (χ0v) is 16.7. The number of rotatable bonds is 5. The van der Waals surface area contributed by atoms with E-state index >= 15 is 0 Å². The molecule has 150 valence electrons. The fraction of sp³-hybridized carbons (Fsp3) is 0.550. The first-order chi connectivity index (χ1) is 13.6. The Labute approximate surface area is 165 Å². The van der Waals surface area contributed by atoms with E-state index in [9.17, 15) is 4.79 Å². The lowest BCUT2D eigenvalue weighted by molar-refractivity contribution is 0.152. The van der Waals surface area contributed by atoms with E-state index in [0.717, 1.165) is 38.5 Å². The minimum absolute atomic E-state index is 0.0891. The molecule has 1 aromatic heterocycles.